The van der Waals surface area contributed by atoms with Gasteiger partial charge >= 0.3 is 5.97 Å². The summed E-state index contributed by atoms with van der Waals surface area (Å²) < 4.78 is 2.64. The maximum Gasteiger partial charge on any atom is 0.356 e. The van der Waals surface area contributed by atoms with Gasteiger partial charge in [0.15, 0.2) is 5.70 Å². The minimum Gasteiger partial charge on any atom is -0.476 e. The Labute approximate surface area is 55.8 Å². The van der Waals surface area contributed by atoms with E-state index in [0.717, 1.165) is 0 Å². The molecule has 0 saturated carbocycles. The number of carboxylic acids is 1. The van der Waals surface area contributed by atoms with Crippen LogP contribution in [0.5, 0.6) is 0 Å². The molecule has 0 unspecified atom stereocenters. The standard InChI is InChI=1S/C4H4N2O2S/c7-4(8)3-1-6-9-2-5-3/h1-2,6H,(H,7,8). The Hall–Kier alpha value is -0.970. The van der Waals surface area contributed by atoms with Gasteiger partial charge in [0.05, 0.1) is 5.55 Å². The molecule has 2 N–H and O–H groups in total. The van der Waals surface area contributed by atoms with Gasteiger partial charge < -0.3 is 9.83 Å². The highest BCUT2D eigenvalue weighted by Crippen LogP contribution is 2.03. The predicted octanol–water partition coefficient (Wildman–Crippen LogP) is 0.192. The summed E-state index contributed by atoms with van der Waals surface area (Å²) in [5, 5.41) is 8.31. The van der Waals surface area contributed by atoms with Crippen LogP contribution in [0.3, 0.4) is 0 Å². The van der Waals surface area contributed by atoms with E-state index in [-0.39, 0.29) is 5.70 Å². The third-order valence-electron chi connectivity index (χ3n) is 0.727. The third-order valence-corrected chi connectivity index (χ3v) is 1.19. The molecule has 9 heavy (non-hydrogen) atoms. The van der Waals surface area contributed by atoms with E-state index in [1.54, 1.807) is 0 Å². The molecule has 0 aromatic heterocycles. The Morgan fingerprint density at radius 1 is 1.89 bits per heavy atom. The number of carbonyl (C=O) groups is 1. The molecular formula is C4H4N2O2S. The lowest BCUT2D eigenvalue weighted by Crippen LogP contribution is -2.06. The first-order chi connectivity index (χ1) is 4.30. The van der Waals surface area contributed by atoms with Crippen LogP contribution in [-0.2, 0) is 4.79 Å². The van der Waals surface area contributed by atoms with Crippen molar-refractivity contribution in [3.05, 3.63) is 11.9 Å². The number of rotatable bonds is 1. The van der Waals surface area contributed by atoms with E-state index in [1.165, 1.54) is 23.7 Å². The molecule has 0 saturated heterocycles. The summed E-state index contributed by atoms with van der Waals surface area (Å²) in [6.07, 6.45) is 1.34. The van der Waals surface area contributed by atoms with Crippen LogP contribution >= 0.6 is 11.9 Å². The molecule has 0 aromatic carbocycles. The number of nitrogens with one attached hydrogen (secondary N) is 1. The second-order valence-electron chi connectivity index (χ2n) is 1.30. The van der Waals surface area contributed by atoms with Crippen LogP contribution in [0, 0.1) is 0 Å². The van der Waals surface area contributed by atoms with E-state index >= 15 is 0 Å². The Bertz CT molecular complexity index is 187. The smallest absolute Gasteiger partial charge is 0.356 e. The van der Waals surface area contributed by atoms with Crippen molar-refractivity contribution in [1.82, 2.24) is 4.72 Å². The van der Waals surface area contributed by atoms with Gasteiger partial charge in [0, 0.05) is 6.20 Å². The van der Waals surface area contributed by atoms with Gasteiger partial charge in [-0.1, -0.05) is 0 Å². The van der Waals surface area contributed by atoms with E-state index in [0.29, 0.717) is 0 Å². The van der Waals surface area contributed by atoms with Crippen LogP contribution in [0.25, 0.3) is 0 Å². The minimum absolute atomic E-state index is 0.0359. The number of carboxylic acid groups (broad SMARTS) is 1. The van der Waals surface area contributed by atoms with E-state index in [2.05, 4.69) is 9.71 Å². The lowest BCUT2D eigenvalue weighted by molar-refractivity contribution is -0.132. The molecule has 0 aliphatic carbocycles. The van der Waals surface area contributed by atoms with Gasteiger partial charge in [-0.2, -0.15) is 0 Å². The summed E-state index contributed by atoms with van der Waals surface area (Å²) in [6.45, 7) is 0. The van der Waals surface area contributed by atoms with Gasteiger partial charge in [0.25, 0.3) is 0 Å². The molecule has 48 valence electrons. The van der Waals surface area contributed by atoms with Crippen molar-refractivity contribution < 1.29 is 9.90 Å². The lowest BCUT2D eigenvalue weighted by Gasteiger charge is -2.00. The van der Waals surface area contributed by atoms with Gasteiger partial charge in [-0.25, -0.2) is 9.79 Å². The molecule has 1 rings (SSSR count). The summed E-state index contributed by atoms with van der Waals surface area (Å²) in [5.74, 6) is -1.01. The van der Waals surface area contributed by atoms with Gasteiger partial charge in [-0.3, -0.25) is 0 Å². The minimum atomic E-state index is -1.01. The van der Waals surface area contributed by atoms with Crippen LogP contribution in [0.1, 0.15) is 0 Å². The molecular weight excluding hydrogens is 140 g/mol. The first-order valence-electron chi connectivity index (χ1n) is 2.18. The summed E-state index contributed by atoms with van der Waals surface area (Å²) in [5.41, 5.74) is 1.47. The molecule has 0 atom stereocenters. The van der Waals surface area contributed by atoms with Crippen molar-refractivity contribution in [2.45, 2.75) is 0 Å². The van der Waals surface area contributed by atoms with Gasteiger partial charge in [-0.05, 0) is 11.9 Å². The molecule has 0 radical (unpaired) electrons. The Balaban J connectivity index is 2.69. The van der Waals surface area contributed by atoms with Crippen molar-refractivity contribution in [2.75, 3.05) is 0 Å². The quantitative estimate of drug-likeness (QED) is 0.516. The monoisotopic (exact) mass is 144 g/mol. The van der Waals surface area contributed by atoms with E-state index < -0.39 is 5.97 Å². The van der Waals surface area contributed by atoms with Gasteiger partial charge in [0.1, 0.15) is 0 Å². The Morgan fingerprint density at radius 2 is 2.67 bits per heavy atom. The van der Waals surface area contributed by atoms with Crippen LogP contribution in [0.15, 0.2) is 16.9 Å². The summed E-state index contributed by atoms with van der Waals surface area (Å²) in [7, 11) is 0. The topological polar surface area (TPSA) is 61.7 Å². The zero-order valence-corrected chi connectivity index (χ0v) is 5.18. The van der Waals surface area contributed by atoms with Gasteiger partial charge in [0.2, 0.25) is 0 Å². The van der Waals surface area contributed by atoms with Crippen molar-refractivity contribution in [3.63, 3.8) is 0 Å². The average molecular weight is 144 g/mol. The van der Waals surface area contributed by atoms with Crippen molar-refractivity contribution >= 4 is 23.5 Å². The largest absolute Gasteiger partial charge is 0.476 e. The number of nitrogens with zero attached hydrogens (tertiary/aromatic N) is 1. The third kappa shape index (κ3) is 1.46. The SMILES string of the molecule is O=C(O)C1=CNSC=N1. The molecule has 0 amide bonds. The molecule has 1 aliphatic rings. The van der Waals surface area contributed by atoms with Crippen LogP contribution in [0.4, 0.5) is 0 Å². The molecule has 0 bridgehead atoms. The first-order valence-corrected chi connectivity index (χ1v) is 3.06. The van der Waals surface area contributed by atoms with E-state index in [1.807, 2.05) is 0 Å². The number of aliphatic imine (C=N–C) groups is 1. The molecule has 1 aliphatic heterocycles. The fraction of sp³-hybridized carbons (Fsp3) is 0. The summed E-state index contributed by atoms with van der Waals surface area (Å²) >= 11 is 1.23. The maximum absolute atomic E-state index is 10.1. The van der Waals surface area contributed by atoms with Crippen molar-refractivity contribution in [2.24, 2.45) is 4.99 Å². The highest BCUT2D eigenvalue weighted by atomic mass is 32.2. The number of hydrogen-bond donors (Lipinski definition) is 2. The average Bonchev–Trinajstić information content (AvgIpc) is 1.90. The normalized spacial score (nSPS) is 16.2. The van der Waals surface area contributed by atoms with Crippen molar-refractivity contribution in [3.8, 4) is 0 Å². The molecule has 0 spiro atoms. The fourth-order valence-electron chi connectivity index (χ4n) is 0.358. The summed E-state index contributed by atoms with van der Waals surface area (Å²) in [4.78, 5) is 13.7. The second-order valence-corrected chi connectivity index (χ2v) is 1.99. The second kappa shape index (κ2) is 2.54. The predicted molar refractivity (Wildman–Crippen MR) is 34.9 cm³/mol. The fourth-order valence-corrected chi connectivity index (χ4v) is 0.764. The zero-order chi connectivity index (χ0) is 6.69. The van der Waals surface area contributed by atoms with E-state index in [4.69, 9.17) is 5.11 Å². The zero-order valence-electron chi connectivity index (χ0n) is 4.37. The number of hydrogen-bond acceptors (Lipinski definition) is 4. The Kier molecular flexibility index (Phi) is 1.74. The molecule has 4 nitrogen and oxygen atoms in total. The summed E-state index contributed by atoms with van der Waals surface area (Å²) in [6, 6.07) is 0. The highest BCUT2D eigenvalue weighted by Gasteiger charge is 2.05. The molecule has 1 heterocycles. The molecule has 0 fully saturated rings. The first kappa shape index (κ1) is 6.15. The van der Waals surface area contributed by atoms with Crippen LogP contribution in [0.2, 0.25) is 0 Å². The highest BCUT2D eigenvalue weighted by molar-refractivity contribution is 8.10. The van der Waals surface area contributed by atoms with Gasteiger partial charge in [-0.15, -0.1) is 0 Å². The van der Waals surface area contributed by atoms with Crippen LogP contribution in [-0.4, -0.2) is 16.6 Å². The van der Waals surface area contributed by atoms with E-state index in [9.17, 15) is 4.79 Å². The Morgan fingerprint density at radius 3 is 3.00 bits per heavy atom. The molecule has 0 aromatic rings. The maximum atomic E-state index is 10.1. The molecule has 5 heteroatoms. The lowest BCUT2D eigenvalue weighted by atomic mass is 10.5. The van der Waals surface area contributed by atoms with Crippen LogP contribution < -0.4 is 4.72 Å². The van der Waals surface area contributed by atoms with Crippen molar-refractivity contribution in [1.29, 1.82) is 0 Å². The number of aliphatic carboxylic acids is 1.